The van der Waals surface area contributed by atoms with E-state index in [2.05, 4.69) is 9.97 Å². The molecule has 1 fully saturated rings. The van der Waals surface area contributed by atoms with Crippen LogP contribution in [0.3, 0.4) is 0 Å². The molecule has 31 heavy (non-hydrogen) atoms. The quantitative estimate of drug-likeness (QED) is 0.701. The van der Waals surface area contributed by atoms with Crippen LogP contribution in [-0.2, 0) is 20.7 Å². The minimum absolute atomic E-state index is 0.0717. The molecule has 2 aromatic rings. The zero-order chi connectivity index (χ0) is 22.1. The summed E-state index contributed by atoms with van der Waals surface area (Å²) in [5.74, 6) is 0.475. The Morgan fingerprint density at radius 3 is 2.65 bits per heavy atom. The third kappa shape index (κ3) is 4.39. The third-order valence-electron chi connectivity index (χ3n) is 6.76. The lowest BCUT2D eigenvalue weighted by atomic mass is 9.92. The molecule has 0 unspecified atom stereocenters. The molecule has 2 aromatic heterocycles. The van der Waals surface area contributed by atoms with E-state index >= 15 is 0 Å². The molecule has 4 rings (SSSR count). The van der Waals surface area contributed by atoms with Gasteiger partial charge in [0.1, 0.15) is 23.4 Å². The number of hydrogen-bond acceptors (Lipinski definition) is 7. The average molecular weight is 447 g/mol. The molecule has 2 aliphatic rings. The number of aromatic nitrogens is 2. The Balaban J connectivity index is 1.54. The summed E-state index contributed by atoms with van der Waals surface area (Å²) in [5.41, 5.74) is 6.70. The van der Waals surface area contributed by atoms with Gasteiger partial charge in [0.15, 0.2) is 0 Å². The van der Waals surface area contributed by atoms with Crippen molar-refractivity contribution in [2.45, 2.75) is 76.0 Å². The molecule has 0 bridgehead atoms. The number of amides is 2. The van der Waals surface area contributed by atoms with Crippen molar-refractivity contribution in [1.82, 2.24) is 14.9 Å². The maximum absolute atomic E-state index is 11.7. The monoisotopic (exact) mass is 446 g/mol. The van der Waals surface area contributed by atoms with Gasteiger partial charge in [-0.2, -0.15) is 0 Å². The smallest absolute Gasteiger partial charge is 0.246 e. The van der Waals surface area contributed by atoms with E-state index in [1.54, 1.807) is 24.6 Å². The van der Waals surface area contributed by atoms with Gasteiger partial charge in [0.05, 0.1) is 5.39 Å². The first kappa shape index (κ1) is 22.0. The van der Waals surface area contributed by atoms with Gasteiger partial charge >= 0.3 is 0 Å². The summed E-state index contributed by atoms with van der Waals surface area (Å²) in [6, 6.07) is 0.275. The van der Waals surface area contributed by atoms with Gasteiger partial charge in [-0.1, -0.05) is 0 Å². The fourth-order valence-corrected chi connectivity index (χ4v) is 6.15. The Morgan fingerprint density at radius 1 is 1.26 bits per heavy atom. The van der Waals surface area contributed by atoms with E-state index in [-0.39, 0.29) is 24.0 Å². The maximum Gasteiger partial charge on any atom is 0.246 e. The largest absolute Gasteiger partial charge is 0.474 e. The first-order valence-corrected chi connectivity index (χ1v) is 11.7. The molecule has 9 heteroatoms. The van der Waals surface area contributed by atoms with Crippen molar-refractivity contribution in [3.05, 3.63) is 16.8 Å². The lowest BCUT2D eigenvalue weighted by Gasteiger charge is -2.34. The number of nitrogens with zero attached hydrogens (tertiary/aromatic N) is 3. The maximum atomic E-state index is 11.7. The van der Waals surface area contributed by atoms with Crippen molar-refractivity contribution in [3.8, 4) is 5.88 Å². The molecule has 8 nitrogen and oxygen atoms in total. The number of ether oxygens (including phenoxy) is 2. The second-order valence-corrected chi connectivity index (χ2v) is 9.66. The van der Waals surface area contributed by atoms with E-state index < -0.39 is 12.0 Å². The summed E-state index contributed by atoms with van der Waals surface area (Å²) in [7, 11) is 3.39. The van der Waals surface area contributed by atoms with Crippen molar-refractivity contribution in [1.29, 1.82) is 0 Å². The number of hydrogen-bond donors (Lipinski definition) is 1. The van der Waals surface area contributed by atoms with Crippen LogP contribution in [0, 0.1) is 0 Å². The van der Waals surface area contributed by atoms with E-state index in [0.29, 0.717) is 12.3 Å². The minimum Gasteiger partial charge on any atom is -0.474 e. The first-order chi connectivity index (χ1) is 14.9. The molecule has 2 N–H and O–H groups in total. The van der Waals surface area contributed by atoms with Crippen molar-refractivity contribution in [2.75, 3.05) is 14.2 Å². The first-order valence-electron chi connectivity index (χ1n) is 10.9. The number of carbonyl (C=O) groups is 2. The fraction of sp³-hybridized carbons (Fsp3) is 0.636. The lowest BCUT2D eigenvalue weighted by Crippen LogP contribution is -2.40. The number of fused-ring (bicyclic) bond motifs is 3. The zero-order valence-corrected chi connectivity index (χ0v) is 19.1. The van der Waals surface area contributed by atoms with Crippen LogP contribution in [0.5, 0.6) is 5.88 Å². The van der Waals surface area contributed by atoms with Gasteiger partial charge in [-0.05, 0) is 56.4 Å². The zero-order valence-electron chi connectivity index (χ0n) is 18.3. The summed E-state index contributed by atoms with van der Waals surface area (Å²) in [4.78, 5) is 36.4. The Hall–Kier alpha value is -2.26. The second-order valence-electron chi connectivity index (χ2n) is 8.57. The molecule has 1 saturated carbocycles. The van der Waals surface area contributed by atoms with Gasteiger partial charge in [0.2, 0.25) is 17.7 Å². The summed E-state index contributed by atoms with van der Waals surface area (Å²) in [6.45, 7) is 1.61. The van der Waals surface area contributed by atoms with Gasteiger partial charge in [-0.25, -0.2) is 9.97 Å². The SMILES string of the molecule is CO[C@@H](C[C@H]1CCc2sc3ncnc(OC4CCC(N(C)C(C)=O)CC4)c3c21)C(N)=O. The van der Waals surface area contributed by atoms with Crippen molar-refractivity contribution >= 4 is 33.4 Å². The minimum atomic E-state index is -0.603. The van der Waals surface area contributed by atoms with Crippen LogP contribution in [0.4, 0.5) is 0 Å². The predicted octanol–water partition coefficient (Wildman–Crippen LogP) is 2.78. The third-order valence-corrected chi connectivity index (χ3v) is 7.94. The van der Waals surface area contributed by atoms with Crippen LogP contribution in [0.15, 0.2) is 6.33 Å². The molecule has 0 aromatic carbocycles. The molecular formula is C22H30N4O4S. The van der Waals surface area contributed by atoms with Gasteiger partial charge in [-0.15, -0.1) is 11.3 Å². The molecule has 0 radical (unpaired) electrons. The van der Waals surface area contributed by atoms with Gasteiger partial charge in [0, 0.05) is 32.0 Å². The Bertz CT molecular complexity index is 970. The summed E-state index contributed by atoms with van der Waals surface area (Å²) >= 11 is 1.68. The molecule has 0 saturated heterocycles. The lowest BCUT2D eigenvalue weighted by molar-refractivity contribution is -0.130. The number of nitrogens with two attached hydrogens (primary N) is 1. The van der Waals surface area contributed by atoms with Gasteiger partial charge in [0.25, 0.3) is 0 Å². The van der Waals surface area contributed by atoms with Crippen LogP contribution in [0.1, 0.15) is 61.8 Å². The number of aryl methyl sites for hydroxylation is 1. The van der Waals surface area contributed by atoms with E-state index in [1.165, 1.54) is 17.6 Å². The molecule has 2 atom stereocenters. The molecular weight excluding hydrogens is 416 g/mol. The number of methoxy groups -OCH3 is 1. The Labute approximate surface area is 186 Å². The van der Waals surface area contributed by atoms with E-state index in [0.717, 1.165) is 48.7 Å². The van der Waals surface area contributed by atoms with Crippen molar-refractivity contribution in [3.63, 3.8) is 0 Å². The van der Waals surface area contributed by atoms with Crippen LogP contribution in [-0.4, -0.2) is 59.1 Å². The van der Waals surface area contributed by atoms with Crippen LogP contribution < -0.4 is 10.5 Å². The molecule has 168 valence electrons. The highest BCUT2D eigenvalue weighted by Gasteiger charge is 2.34. The highest BCUT2D eigenvalue weighted by Crippen LogP contribution is 2.48. The van der Waals surface area contributed by atoms with E-state index in [9.17, 15) is 9.59 Å². The topological polar surface area (TPSA) is 108 Å². The Kier molecular flexibility index (Phi) is 6.43. The van der Waals surface area contributed by atoms with Crippen LogP contribution in [0.2, 0.25) is 0 Å². The predicted molar refractivity (Wildman–Crippen MR) is 118 cm³/mol. The highest BCUT2D eigenvalue weighted by atomic mass is 32.1. The molecule has 2 aliphatic carbocycles. The van der Waals surface area contributed by atoms with Crippen molar-refractivity contribution in [2.24, 2.45) is 5.73 Å². The van der Waals surface area contributed by atoms with Gasteiger partial charge < -0.3 is 20.1 Å². The van der Waals surface area contributed by atoms with E-state index in [4.69, 9.17) is 15.2 Å². The normalized spacial score (nSPS) is 24.0. The summed E-state index contributed by atoms with van der Waals surface area (Å²) in [6.07, 6.45) is 7.13. The number of rotatable bonds is 7. The number of carbonyl (C=O) groups excluding carboxylic acids is 2. The van der Waals surface area contributed by atoms with Crippen LogP contribution >= 0.6 is 11.3 Å². The molecule has 0 aliphatic heterocycles. The molecule has 2 heterocycles. The fourth-order valence-electron chi connectivity index (χ4n) is 4.92. The Morgan fingerprint density at radius 2 is 2.00 bits per heavy atom. The summed E-state index contributed by atoms with van der Waals surface area (Å²) in [5, 5.41) is 0.979. The molecule has 0 spiro atoms. The second kappa shape index (κ2) is 9.08. The van der Waals surface area contributed by atoms with Crippen molar-refractivity contribution < 1.29 is 19.1 Å². The summed E-state index contributed by atoms with van der Waals surface area (Å²) < 4.78 is 11.7. The standard InChI is InChI=1S/C22H30N4O4S/c1-12(27)26(2)14-5-7-15(8-6-14)30-21-19-18-13(10-16(29-3)20(23)28)4-9-17(18)31-22(19)25-11-24-21/h11,13-16H,4-10H2,1-3H3,(H2,23,28)/t13-,14?,15?,16+/m1/s1. The highest BCUT2D eigenvalue weighted by molar-refractivity contribution is 7.19. The van der Waals surface area contributed by atoms with Crippen LogP contribution in [0.25, 0.3) is 10.2 Å². The van der Waals surface area contributed by atoms with E-state index in [1.807, 2.05) is 11.9 Å². The number of primary amides is 1. The van der Waals surface area contributed by atoms with Gasteiger partial charge in [-0.3, -0.25) is 9.59 Å². The number of thiophene rings is 1. The average Bonchev–Trinajstić information content (AvgIpc) is 3.31. The molecule has 2 amide bonds.